The third-order valence-electron chi connectivity index (χ3n) is 13.6. The molecule has 2 aliphatic rings. The molecule has 7 rings (SSSR count). The lowest BCUT2D eigenvalue weighted by Crippen LogP contribution is -2.41. The SMILES string of the molecule is CN(C)CCCNC(=O)c1cc(NC(=O)c2cc(NC(=O)c3cc(NC(=O)c4cc(NC(=O)COc5cc(CN6CCNCCNCCNCC6)cc(CN6CCNCCNCCNCC6)c5)cn4C)cn3C)cn2C)cn1C. The van der Waals surface area contributed by atoms with Crippen LogP contribution in [0, 0.1) is 0 Å². The van der Waals surface area contributed by atoms with Gasteiger partial charge in [-0.05, 0) is 74.6 Å². The molecule has 0 atom stereocenters. The van der Waals surface area contributed by atoms with Crippen molar-refractivity contribution in [2.24, 2.45) is 28.2 Å². The summed E-state index contributed by atoms with van der Waals surface area (Å²) in [7, 11) is 10.8. The van der Waals surface area contributed by atoms with E-state index in [1.807, 2.05) is 31.1 Å². The Hall–Kier alpha value is -6.87. The van der Waals surface area contributed by atoms with E-state index in [4.69, 9.17) is 4.74 Å². The maximum Gasteiger partial charge on any atom is 0.272 e. The summed E-state index contributed by atoms with van der Waals surface area (Å²) < 4.78 is 12.7. The fraction of sp³-hybridized carbons (Fsp3) is 0.509. The Morgan fingerprint density at radius 3 is 1.18 bits per heavy atom. The van der Waals surface area contributed by atoms with Crippen molar-refractivity contribution in [1.29, 1.82) is 0 Å². The van der Waals surface area contributed by atoms with Gasteiger partial charge in [-0.15, -0.1) is 0 Å². The fourth-order valence-electron chi connectivity index (χ4n) is 9.51. The summed E-state index contributed by atoms with van der Waals surface area (Å²) in [5, 5.41) is 35.5. The van der Waals surface area contributed by atoms with Crippen molar-refractivity contribution >= 4 is 52.3 Å². The molecule has 0 saturated carbocycles. The molecule has 2 saturated heterocycles. The zero-order valence-corrected chi connectivity index (χ0v) is 47.0. The zero-order valence-electron chi connectivity index (χ0n) is 47.0. The van der Waals surface area contributed by atoms with Crippen LogP contribution in [0.2, 0.25) is 0 Å². The number of hydrogen-bond acceptors (Lipinski definition) is 15. The molecule has 11 N–H and O–H groups in total. The van der Waals surface area contributed by atoms with Gasteiger partial charge in [-0.3, -0.25) is 33.8 Å². The molecule has 0 bridgehead atoms. The van der Waals surface area contributed by atoms with Crippen molar-refractivity contribution < 1.29 is 28.7 Å². The van der Waals surface area contributed by atoms with E-state index >= 15 is 0 Å². The smallest absolute Gasteiger partial charge is 0.272 e. The largest absolute Gasteiger partial charge is 0.484 e. The molecule has 5 aromatic rings. The van der Waals surface area contributed by atoms with Crippen LogP contribution < -0.4 is 63.2 Å². The van der Waals surface area contributed by atoms with Gasteiger partial charge in [0, 0.05) is 177 Å². The van der Waals surface area contributed by atoms with Crippen LogP contribution in [0.25, 0.3) is 0 Å². The summed E-state index contributed by atoms with van der Waals surface area (Å²) >= 11 is 0. The number of anilines is 4. The highest BCUT2D eigenvalue weighted by Gasteiger charge is 2.21. The lowest BCUT2D eigenvalue weighted by molar-refractivity contribution is -0.118. The van der Waals surface area contributed by atoms with E-state index in [0.717, 1.165) is 142 Å². The molecular formula is C55H84N18O6. The Morgan fingerprint density at radius 2 is 0.810 bits per heavy atom. The summed E-state index contributed by atoms with van der Waals surface area (Å²) in [6.45, 7) is 17.1. The molecule has 5 amide bonds. The molecule has 0 spiro atoms. The number of rotatable bonds is 19. The van der Waals surface area contributed by atoms with Gasteiger partial charge in [0.1, 0.15) is 28.5 Å². The second-order valence-electron chi connectivity index (χ2n) is 20.5. The van der Waals surface area contributed by atoms with Gasteiger partial charge in [0.15, 0.2) is 6.61 Å². The van der Waals surface area contributed by atoms with Gasteiger partial charge < -0.3 is 86.4 Å². The first kappa shape index (κ1) is 59.8. The first-order valence-electron chi connectivity index (χ1n) is 27.4. The molecule has 2 fully saturated rings. The van der Waals surface area contributed by atoms with E-state index < -0.39 is 17.7 Å². The minimum absolute atomic E-state index is 0.238. The molecule has 1 aromatic carbocycles. The first-order chi connectivity index (χ1) is 38.2. The lowest BCUT2D eigenvalue weighted by Gasteiger charge is -2.26. The van der Waals surface area contributed by atoms with E-state index in [1.54, 1.807) is 95.5 Å². The fourth-order valence-corrected chi connectivity index (χ4v) is 9.51. The van der Waals surface area contributed by atoms with Crippen LogP contribution in [0.15, 0.2) is 67.3 Å². The van der Waals surface area contributed by atoms with E-state index in [-0.39, 0.29) is 35.5 Å². The molecule has 0 unspecified atom stereocenters. The van der Waals surface area contributed by atoms with Crippen LogP contribution in [0.5, 0.6) is 5.75 Å². The minimum atomic E-state index is -0.464. The number of aromatic nitrogens is 4. The Balaban J connectivity index is 0.936. The molecule has 2 aliphatic heterocycles. The van der Waals surface area contributed by atoms with Crippen molar-refractivity contribution in [3.05, 3.63) is 101 Å². The van der Waals surface area contributed by atoms with Crippen LogP contribution in [-0.2, 0) is 46.1 Å². The third-order valence-corrected chi connectivity index (χ3v) is 13.6. The van der Waals surface area contributed by atoms with Gasteiger partial charge in [0.25, 0.3) is 29.5 Å². The normalized spacial score (nSPS) is 15.9. The van der Waals surface area contributed by atoms with Gasteiger partial charge in [-0.2, -0.15) is 0 Å². The molecule has 24 heteroatoms. The van der Waals surface area contributed by atoms with E-state index in [2.05, 4.69) is 74.4 Å². The molecule has 430 valence electrons. The zero-order chi connectivity index (χ0) is 56.1. The maximum atomic E-state index is 13.7. The minimum Gasteiger partial charge on any atom is -0.484 e. The van der Waals surface area contributed by atoms with Crippen LogP contribution in [0.3, 0.4) is 0 Å². The molecular weight excluding hydrogens is 1010 g/mol. The lowest BCUT2D eigenvalue weighted by atomic mass is 10.1. The number of carbonyl (C=O) groups is 5. The van der Waals surface area contributed by atoms with Crippen molar-refractivity contribution in [2.45, 2.75) is 19.5 Å². The van der Waals surface area contributed by atoms with E-state index in [0.29, 0.717) is 40.7 Å². The Kier molecular flexibility index (Phi) is 23.1. The average molecular weight is 1090 g/mol. The summed E-state index contributed by atoms with van der Waals surface area (Å²) in [5.74, 6) is -1.34. The van der Waals surface area contributed by atoms with Crippen LogP contribution in [0.4, 0.5) is 22.7 Å². The highest BCUT2D eigenvalue weighted by molar-refractivity contribution is 6.09. The van der Waals surface area contributed by atoms with Crippen molar-refractivity contribution in [1.82, 2.24) is 70.2 Å². The molecule has 4 aromatic heterocycles. The van der Waals surface area contributed by atoms with E-state index in [1.165, 1.54) is 0 Å². The number of aryl methyl sites for hydroxylation is 4. The number of nitrogens with zero attached hydrogens (tertiary/aromatic N) is 7. The summed E-state index contributed by atoms with van der Waals surface area (Å²) in [5.41, 5.74) is 5.06. The van der Waals surface area contributed by atoms with Crippen molar-refractivity contribution in [2.75, 3.05) is 160 Å². The Labute approximate surface area is 464 Å². The van der Waals surface area contributed by atoms with E-state index in [9.17, 15) is 24.0 Å². The van der Waals surface area contributed by atoms with Crippen LogP contribution in [-0.4, -0.2) is 201 Å². The molecule has 79 heavy (non-hydrogen) atoms. The van der Waals surface area contributed by atoms with Gasteiger partial charge >= 0.3 is 0 Å². The Morgan fingerprint density at radius 1 is 0.468 bits per heavy atom. The van der Waals surface area contributed by atoms with Gasteiger partial charge in [0.05, 0.1) is 22.7 Å². The first-order valence-corrected chi connectivity index (χ1v) is 27.4. The number of carbonyl (C=O) groups excluding carboxylic acids is 5. The summed E-state index contributed by atoms with van der Waals surface area (Å²) in [6.07, 6.45) is 7.37. The summed E-state index contributed by atoms with van der Waals surface area (Å²) in [4.78, 5) is 73.9. The number of hydrogen-bond donors (Lipinski definition) is 11. The Bertz CT molecular complexity index is 2720. The number of nitrogens with one attached hydrogen (secondary N) is 11. The van der Waals surface area contributed by atoms with Crippen molar-refractivity contribution in [3.63, 3.8) is 0 Å². The monoisotopic (exact) mass is 1090 g/mol. The van der Waals surface area contributed by atoms with Gasteiger partial charge in [-0.25, -0.2) is 0 Å². The molecule has 24 nitrogen and oxygen atoms in total. The van der Waals surface area contributed by atoms with Crippen LogP contribution >= 0.6 is 0 Å². The maximum absolute atomic E-state index is 13.7. The number of ether oxygens (including phenoxy) is 1. The van der Waals surface area contributed by atoms with Crippen LogP contribution in [0.1, 0.15) is 59.5 Å². The molecule has 0 aliphatic carbocycles. The average Bonchev–Trinajstić information content (AvgIpc) is 4.25. The van der Waals surface area contributed by atoms with Gasteiger partial charge in [-0.1, -0.05) is 6.07 Å². The number of benzene rings is 1. The quantitative estimate of drug-likeness (QED) is 0.0509. The second-order valence-corrected chi connectivity index (χ2v) is 20.5. The third kappa shape index (κ3) is 19.2. The summed E-state index contributed by atoms with van der Waals surface area (Å²) in [6, 6.07) is 12.6. The highest BCUT2D eigenvalue weighted by Crippen LogP contribution is 2.23. The second kappa shape index (κ2) is 30.5. The molecule has 6 heterocycles. The predicted molar refractivity (Wildman–Crippen MR) is 309 cm³/mol. The standard InChI is InChI=1S/C55H84N18O6/c1-67(2)21-7-8-62-52(75)47-30-43(36-68(47)3)64-54(77)49-32-45(38-70(49)5)66-55(78)50-31-44(37-71(50)6)65-53(76)48-29-42(35-69(48)4)63-51(74)39-79-46-27-40(33-72-22-17-58-13-9-56-10-14-59-18-23-72)26-41(28-46)34-73-24-19-60-15-11-57-12-16-61-20-25-73/h26-32,35-38,56-61H,7-25,33-34,39H2,1-6H3,(H,62,75)(H,63,74)(H,64,77)(H,65,76)(H,66,78). The van der Waals surface area contributed by atoms with Gasteiger partial charge in [0.2, 0.25) is 0 Å². The van der Waals surface area contributed by atoms with Crippen molar-refractivity contribution in [3.8, 4) is 5.75 Å². The highest BCUT2D eigenvalue weighted by atomic mass is 16.5. The topological polar surface area (TPSA) is 256 Å². The molecule has 0 radical (unpaired) electrons. The number of amides is 5. The predicted octanol–water partition coefficient (Wildman–Crippen LogP) is 0.665.